The van der Waals surface area contributed by atoms with Crippen LogP contribution >= 0.6 is 0 Å². The molecule has 0 radical (unpaired) electrons. The topological polar surface area (TPSA) is 66.9 Å². The number of halogens is 1. The Bertz CT molecular complexity index is 1010. The molecule has 8 heteroatoms. The van der Waals surface area contributed by atoms with Crippen molar-refractivity contribution in [2.45, 2.75) is 49.6 Å². The van der Waals surface area contributed by atoms with Crippen LogP contribution in [0.3, 0.4) is 0 Å². The Kier molecular flexibility index (Phi) is 7.23. The first-order chi connectivity index (χ1) is 15.4. The number of carbonyl (C=O) groups excluding carboxylic acids is 1. The van der Waals surface area contributed by atoms with E-state index in [0.29, 0.717) is 38.4 Å². The Labute approximate surface area is 189 Å². The van der Waals surface area contributed by atoms with Crippen molar-refractivity contribution < 1.29 is 22.3 Å². The molecule has 0 bridgehead atoms. The fraction of sp³-hybridized carbons (Fsp3) is 0.458. The summed E-state index contributed by atoms with van der Waals surface area (Å²) in [6.45, 7) is 1.83. The second-order valence-electron chi connectivity index (χ2n) is 8.39. The van der Waals surface area contributed by atoms with E-state index in [1.165, 1.54) is 35.0 Å². The third-order valence-electron chi connectivity index (χ3n) is 6.25. The molecule has 2 aromatic carbocycles. The van der Waals surface area contributed by atoms with Crippen LogP contribution in [0.25, 0.3) is 0 Å². The summed E-state index contributed by atoms with van der Waals surface area (Å²) in [6, 6.07) is 12.6. The van der Waals surface area contributed by atoms with Crippen LogP contribution in [0.1, 0.15) is 48.0 Å². The van der Waals surface area contributed by atoms with Gasteiger partial charge in [-0.1, -0.05) is 31.4 Å². The third-order valence-corrected chi connectivity index (χ3v) is 8.16. The summed E-state index contributed by atoms with van der Waals surface area (Å²) in [7, 11) is -3.60. The van der Waals surface area contributed by atoms with Crippen molar-refractivity contribution in [1.29, 1.82) is 0 Å². The van der Waals surface area contributed by atoms with Crippen LogP contribution in [0, 0.1) is 5.82 Å². The molecule has 0 aromatic heterocycles. The van der Waals surface area contributed by atoms with Gasteiger partial charge in [0.15, 0.2) is 0 Å². The van der Waals surface area contributed by atoms with E-state index in [0.717, 1.165) is 31.2 Å². The maximum absolute atomic E-state index is 13.5. The number of rotatable bonds is 6. The molecule has 172 valence electrons. The highest BCUT2D eigenvalue weighted by atomic mass is 32.2. The number of amides is 1. The fourth-order valence-electron chi connectivity index (χ4n) is 4.42. The van der Waals surface area contributed by atoms with Gasteiger partial charge in [-0.3, -0.25) is 4.79 Å². The van der Waals surface area contributed by atoms with E-state index < -0.39 is 10.0 Å². The van der Waals surface area contributed by atoms with Crippen LogP contribution < -0.4 is 0 Å². The van der Waals surface area contributed by atoms with Crippen LogP contribution in [0.4, 0.5) is 4.39 Å². The zero-order chi connectivity index (χ0) is 22.6. The van der Waals surface area contributed by atoms with Crippen LogP contribution in [0.5, 0.6) is 0 Å². The summed E-state index contributed by atoms with van der Waals surface area (Å²) in [5, 5.41) is 0. The SMILES string of the molecule is O=C(c1ccc(S(=O)(=O)N2CCOCC2)cc1)N(Cc1ccc(F)cc1)C1CCCCC1. The number of sulfonamides is 1. The van der Waals surface area contributed by atoms with Crippen molar-refractivity contribution in [3.63, 3.8) is 0 Å². The van der Waals surface area contributed by atoms with E-state index in [-0.39, 0.29) is 22.7 Å². The molecule has 1 aliphatic carbocycles. The first kappa shape index (κ1) is 22.9. The second-order valence-corrected chi connectivity index (χ2v) is 10.3. The molecule has 1 heterocycles. The highest BCUT2D eigenvalue weighted by Gasteiger charge is 2.29. The molecular weight excluding hydrogens is 431 g/mol. The largest absolute Gasteiger partial charge is 0.379 e. The molecule has 0 atom stereocenters. The number of carbonyl (C=O) groups is 1. The first-order valence-electron chi connectivity index (χ1n) is 11.2. The van der Waals surface area contributed by atoms with Gasteiger partial charge in [0.2, 0.25) is 10.0 Å². The molecule has 1 aliphatic heterocycles. The molecule has 2 aliphatic rings. The van der Waals surface area contributed by atoms with E-state index in [1.54, 1.807) is 24.3 Å². The van der Waals surface area contributed by atoms with Crippen LogP contribution in [-0.4, -0.2) is 55.9 Å². The lowest BCUT2D eigenvalue weighted by Gasteiger charge is -2.34. The van der Waals surface area contributed by atoms with E-state index >= 15 is 0 Å². The minimum Gasteiger partial charge on any atom is -0.379 e. The summed E-state index contributed by atoms with van der Waals surface area (Å²) in [4.78, 5) is 15.5. The lowest BCUT2D eigenvalue weighted by atomic mass is 9.93. The van der Waals surface area contributed by atoms with Gasteiger partial charge in [0, 0.05) is 31.2 Å². The van der Waals surface area contributed by atoms with Crippen molar-refractivity contribution in [3.8, 4) is 0 Å². The monoisotopic (exact) mass is 460 g/mol. The molecule has 1 saturated heterocycles. The Morgan fingerprint density at radius 2 is 1.59 bits per heavy atom. The van der Waals surface area contributed by atoms with Crippen molar-refractivity contribution in [2.24, 2.45) is 0 Å². The zero-order valence-corrected chi connectivity index (χ0v) is 18.9. The van der Waals surface area contributed by atoms with E-state index in [4.69, 9.17) is 4.74 Å². The van der Waals surface area contributed by atoms with E-state index in [2.05, 4.69) is 0 Å². The minimum atomic E-state index is -3.60. The van der Waals surface area contributed by atoms with Gasteiger partial charge in [0.25, 0.3) is 5.91 Å². The number of nitrogens with zero attached hydrogens (tertiary/aromatic N) is 2. The number of hydrogen-bond donors (Lipinski definition) is 0. The first-order valence-corrected chi connectivity index (χ1v) is 12.6. The Hall–Kier alpha value is -2.29. The normalized spacial score (nSPS) is 18.4. The fourth-order valence-corrected chi connectivity index (χ4v) is 5.83. The highest BCUT2D eigenvalue weighted by molar-refractivity contribution is 7.89. The Balaban J connectivity index is 1.55. The summed E-state index contributed by atoms with van der Waals surface area (Å²) < 4.78 is 45.7. The maximum atomic E-state index is 13.5. The highest BCUT2D eigenvalue weighted by Crippen LogP contribution is 2.26. The average Bonchev–Trinajstić information content (AvgIpc) is 2.84. The number of benzene rings is 2. The number of ether oxygens (including phenoxy) is 1. The van der Waals surface area contributed by atoms with Gasteiger partial charge in [-0.2, -0.15) is 4.31 Å². The summed E-state index contributed by atoms with van der Waals surface area (Å²) in [6.07, 6.45) is 5.21. The van der Waals surface area contributed by atoms with Gasteiger partial charge in [0.05, 0.1) is 18.1 Å². The molecule has 1 amide bonds. The van der Waals surface area contributed by atoms with Gasteiger partial charge >= 0.3 is 0 Å². The predicted molar refractivity (Wildman–Crippen MR) is 119 cm³/mol. The lowest BCUT2D eigenvalue weighted by Crippen LogP contribution is -2.41. The van der Waals surface area contributed by atoms with E-state index in [9.17, 15) is 17.6 Å². The molecule has 2 aromatic rings. The minimum absolute atomic E-state index is 0.123. The smallest absolute Gasteiger partial charge is 0.254 e. The lowest BCUT2D eigenvalue weighted by molar-refractivity contribution is 0.0614. The van der Waals surface area contributed by atoms with Crippen LogP contribution in [0.2, 0.25) is 0 Å². The molecule has 2 fully saturated rings. The van der Waals surface area contributed by atoms with Gasteiger partial charge in [0.1, 0.15) is 5.82 Å². The Morgan fingerprint density at radius 3 is 2.22 bits per heavy atom. The van der Waals surface area contributed by atoms with Crippen molar-refractivity contribution in [2.75, 3.05) is 26.3 Å². The molecule has 1 saturated carbocycles. The number of morpholine rings is 1. The van der Waals surface area contributed by atoms with Crippen molar-refractivity contribution >= 4 is 15.9 Å². The molecule has 0 unspecified atom stereocenters. The molecule has 32 heavy (non-hydrogen) atoms. The van der Waals surface area contributed by atoms with E-state index in [1.807, 2.05) is 4.90 Å². The quantitative estimate of drug-likeness (QED) is 0.657. The van der Waals surface area contributed by atoms with Crippen molar-refractivity contribution in [3.05, 3.63) is 65.5 Å². The molecule has 4 rings (SSSR count). The maximum Gasteiger partial charge on any atom is 0.254 e. The van der Waals surface area contributed by atoms with Crippen molar-refractivity contribution in [1.82, 2.24) is 9.21 Å². The zero-order valence-electron chi connectivity index (χ0n) is 18.1. The average molecular weight is 461 g/mol. The molecule has 0 spiro atoms. The summed E-state index contributed by atoms with van der Waals surface area (Å²) in [5.41, 5.74) is 1.33. The standard InChI is InChI=1S/C24H29FN2O4S/c25-21-10-6-19(7-11-21)18-27(22-4-2-1-3-5-22)24(28)20-8-12-23(13-9-20)32(29,30)26-14-16-31-17-15-26/h6-13,22H,1-5,14-18H2. The molecule has 0 N–H and O–H groups in total. The van der Waals surface area contributed by atoms with Crippen LogP contribution in [-0.2, 0) is 21.3 Å². The predicted octanol–water partition coefficient (Wildman–Crippen LogP) is 3.82. The van der Waals surface area contributed by atoms with Crippen LogP contribution in [0.15, 0.2) is 53.4 Å². The Morgan fingerprint density at radius 1 is 0.969 bits per heavy atom. The molecular formula is C24H29FN2O4S. The number of hydrogen-bond acceptors (Lipinski definition) is 4. The molecule has 6 nitrogen and oxygen atoms in total. The van der Waals surface area contributed by atoms with Gasteiger partial charge < -0.3 is 9.64 Å². The van der Waals surface area contributed by atoms with Gasteiger partial charge in [-0.25, -0.2) is 12.8 Å². The summed E-state index contributed by atoms with van der Waals surface area (Å²) in [5.74, 6) is -0.432. The van der Waals surface area contributed by atoms with Gasteiger partial charge in [-0.05, 0) is 54.8 Å². The second kappa shape index (κ2) is 10.1. The third kappa shape index (κ3) is 5.19. The summed E-state index contributed by atoms with van der Waals surface area (Å²) >= 11 is 0. The van der Waals surface area contributed by atoms with Gasteiger partial charge in [-0.15, -0.1) is 0 Å².